The van der Waals surface area contributed by atoms with Gasteiger partial charge in [0, 0.05) is 12.1 Å². The lowest BCUT2D eigenvalue weighted by Crippen LogP contribution is -2.33. The third-order valence-corrected chi connectivity index (χ3v) is 3.79. The molecule has 4 nitrogen and oxygen atoms in total. The first-order valence-electron chi connectivity index (χ1n) is 6.90. The molecule has 0 aliphatic heterocycles. The topological polar surface area (TPSA) is 42.7 Å². The summed E-state index contributed by atoms with van der Waals surface area (Å²) < 4.78 is 1.88. The minimum atomic E-state index is 0.387. The van der Waals surface area contributed by atoms with Gasteiger partial charge in [0.2, 0.25) is 0 Å². The zero-order valence-electron chi connectivity index (χ0n) is 11.5. The molecular formula is C15H20N4. The number of nitrogens with one attached hydrogen (secondary N) is 1. The van der Waals surface area contributed by atoms with E-state index in [9.17, 15) is 0 Å². The second kappa shape index (κ2) is 5.13. The normalized spacial score (nSPS) is 19.4. The van der Waals surface area contributed by atoms with E-state index in [0.717, 1.165) is 6.54 Å². The number of benzene rings is 1. The van der Waals surface area contributed by atoms with Crippen LogP contribution in [0.1, 0.15) is 36.1 Å². The van der Waals surface area contributed by atoms with Crippen molar-refractivity contribution >= 4 is 0 Å². The number of hydrogen-bond acceptors (Lipinski definition) is 3. The fourth-order valence-electron chi connectivity index (χ4n) is 2.90. The molecule has 1 N–H and O–H groups in total. The summed E-state index contributed by atoms with van der Waals surface area (Å²) in [6, 6.07) is 7.67. The quantitative estimate of drug-likeness (QED) is 0.912. The Morgan fingerprint density at radius 2 is 2.37 bits per heavy atom. The highest BCUT2D eigenvalue weighted by molar-refractivity contribution is 5.37. The molecule has 0 amide bonds. The fraction of sp³-hybridized carbons (Fsp3) is 0.467. The first-order chi connectivity index (χ1) is 9.22. The van der Waals surface area contributed by atoms with Gasteiger partial charge in [-0.15, -0.1) is 0 Å². The van der Waals surface area contributed by atoms with E-state index in [1.165, 1.54) is 29.5 Å². The van der Waals surface area contributed by atoms with Crippen LogP contribution in [-0.2, 0) is 13.0 Å². The van der Waals surface area contributed by atoms with Gasteiger partial charge in [-0.1, -0.05) is 23.8 Å². The molecule has 0 unspecified atom stereocenters. The first kappa shape index (κ1) is 12.4. The van der Waals surface area contributed by atoms with Crippen molar-refractivity contribution in [1.29, 1.82) is 0 Å². The molecular weight excluding hydrogens is 236 g/mol. The number of hydrogen-bond donors (Lipinski definition) is 1. The van der Waals surface area contributed by atoms with Gasteiger partial charge in [-0.2, -0.15) is 5.10 Å². The van der Waals surface area contributed by atoms with Crippen LogP contribution in [0.3, 0.4) is 0 Å². The number of aryl methyl sites for hydroxylation is 2. The molecule has 0 bridgehead atoms. The third kappa shape index (κ3) is 2.68. The van der Waals surface area contributed by atoms with Crippen LogP contribution in [0.4, 0.5) is 0 Å². The summed E-state index contributed by atoms with van der Waals surface area (Å²) in [5.41, 5.74) is 4.32. The van der Waals surface area contributed by atoms with Crippen LogP contribution >= 0.6 is 0 Å². The molecule has 19 heavy (non-hydrogen) atoms. The third-order valence-electron chi connectivity index (χ3n) is 3.79. The zero-order valence-corrected chi connectivity index (χ0v) is 11.5. The predicted molar refractivity (Wildman–Crippen MR) is 74.9 cm³/mol. The SMILES string of the molecule is Cc1ccc2c(c1)[C@@H](N[C@H](C)Cn1cncn1)CC2. The molecule has 0 saturated heterocycles. The van der Waals surface area contributed by atoms with Crippen molar-refractivity contribution in [3.8, 4) is 0 Å². The Morgan fingerprint density at radius 3 is 3.16 bits per heavy atom. The lowest BCUT2D eigenvalue weighted by atomic mass is 10.0. The Morgan fingerprint density at radius 1 is 1.47 bits per heavy atom. The molecule has 1 aliphatic rings. The van der Waals surface area contributed by atoms with Crippen LogP contribution in [0.5, 0.6) is 0 Å². The van der Waals surface area contributed by atoms with E-state index in [0.29, 0.717) is 12.1 Å². The summed E-state index contributed by atoms with van der Waals surface area (Å²) in [4.78, 5) is 3.98. The maximum absolute atomic E-state index is 4.15. The average molecular weight is 256 g/mol. The molecule has 0 spiro atoms. The highest BCUT2D eigenvalue weighted by Gasteiger charge is 2.23. The number of fused-ring (bicyclic) bond motifs is 1. The standard InChI is InChI=1S/C15H20N4/c1-11-3-4-13-5-6-15(14(13)7-11)18-12(2)8-19-10-16-9-17-19/h3-4,7,9-10,12,15,18H,5-6,8H2,1-2H3/t12-,15+/m1/s1. The Kier molecular flexibility index (Phi) is 3.34. The second-order valence-electron chi connectivity index (χ2n) is 5.48. The average Bonchev–Trinajstić information content (AvgIpc) is 3.00. The number of rotatable bonds is 4. The van der Waals surface area contributed by atoms with Gasteiger partial charge in [0.15, 0.2) is 0 Å². The van der Waals surface area contributed by atoms with E-state index in [4.69, 9.17) is 0 Å². The van der Waals surface area contributed by atoms with Crippen molar-refractivity contribution in [2.45, 2.75) is 45.3 Å². The molecule has 1 aromatic carbocycles. The minimum Gasteiger partial charge on any atom is -0.306 e. The predicted octanol–water partition coefficient (Wildman–Crippen LogP) is 2.25. The highest BCUT2D eigenvalue weighted by Crippen LogP contribution is 2.32. The van der Waals surface area contributed by atoms with Crippen LogP contribution in [0.25, 0.3) is 0 Å². The fourth-order valence-corrected chi connectivity index (χ4v) is 2.90. The van der Waals surface area contributed by atoms with Gasteiger partial charge < -0.3 is 5.32 Å². The van der Waals surface area contributed by atoms with Gasteiger partial charge in [0.1, 0.15) is 12.7 Å². The lowest BCUT2D eigenvalue weighted by Gasteiger charge is -2.20. The van der Waals surface area contributed by atoms with Crippen LogP contribution < -0.4 is 5.32 Å². The summed E-state index contributed by atoms with van der Waals surface area (Å²) in [6.07, 6.45) is 5.73. The summed E-state index contributed by atoms with van der Waals surface area (Å²) in [6.45, 7) is 5.22. The smallest absolute Gasteiger partial charge is 0.137 e. The lowest BCUT2D eigenvalue weighted by molar-refractivity contribution is 0.397. The van der Waals surface area contributed by atoms with Gasteiger partial charge in [-0.25, -0.2) is 4.98 Å². The zero-order chi connectivity index (χ0) is 13.2. The van der Waals surface area contributed by atoms with Crippen LogP contribution in [0, 0.1) is 6.92 Å². The number of aromatic nitrogens is 3. The molecule has 100 valence electrons. The highest BCUT2D eigenvalue weighted by atomic mass is 15.3. The maximum Gasteiger partial charge on any atom is 0.137 e. The van der Waals surface area contributed by atoms with Crippen LogP contribution in [-0.4, -0.2) is 20.8 Å². The summed E-state index contributed by atoms with van der Waals surface area (Å²) in [5.74, 6) is 0. The van der Waals surface area contributed by atoms with Gasteiger partial charge in [0.05, 0.1) is 6.54 Å². The van der Waals surface area contributed by atoms with Crippen molar-refractivity contribution < 1.29 is 0 Å². The molecule has 4 heteroatoms. The minimum absolute atomic E-state index is 0.387. The van der Waals surface area contributed by atoms with Gasteiger partial charge >= 0.3 is 0 Å². The number of nitrogens with zero attached hydrogens (tertiary/aromatic N) is 3. The molecule has 1 heterocycles. The monoisotopic (exact) mass is 256 g/mol. The van der Waals surface area contributed by atoms with E-state index in [1.807, 2.05) is 4.68 Å². The van der Waals surface area contributed by atoms with Crippen molar-refractivity contribution in [3.63, 3.8) is 0 Å². The van der Waals surface area contributed by atoms with Crippen molar-refractivity contribution in [1.82, 2.24) is 20.1 Å². The van der Waals surface area contributed by atoms with E-state index in [2.05, 4.69) is 47.4 Å². The molecule has 0 radical (unpaired) electrons. The summed E-state index contributed by atoms with van der Waals surface area (Å²) in [5, 5.41) is 7.87. The van der Waals surface area contributed by atoms with E-state index in [-0.39, 0.29) is 0 Å². The maximum atomic E-state index is 4.15. The van der Waals surface area contributed by atoms with Gasteiger partial charge in [0.25, 0.3) is 0 Å². The molecule has 2 atom stereocenters. The molecule has 1 aromatic heterocycles. The Hall–Kier alpha value is -1.68. The van der Waals surface area contributed by atoms with Gasteiger partial charge in [-0.05, 0) is 37.8 Å². The van der Waals surface area contributed by atoms with E-state index >= 15 is 0 Å². The molecule has 3 rings (SSSR count). The Labute approximate surface area is 113 Å². The largest absolute Gasteiger partial charge is 0.306 e. The molecule has 0 fully saturated rings. The summed E-state index contributed by atoms with van der Waals surface area (Å²) in [7, 11) is 0. The molecule has 1 aliphatic carbocycles. The molecule has 2 aromatic rings. The summed E-state index contributed by atoms with van der Waals surface area (Å²) >= 11 is 0. The first-order valence-corrected chi connectivity index (χ1v) is 6.90. The Bertz CT molecular complexity index is 547. The van der Waals surface area contributed by atoms with E-state index in [1.54, 1.807) is 12.7 Å². The van der Waals surface area contributed by atoms with Crippen LogP contribution in [0.2, 0.25) is 0 Å². The van der Waals surface area contributed by atoms with Crippen molar-refractivity contribution in [2.24, 2.45) is 0 Å². The van der Waals surface area contributed by atoms with Crippen LogP contribution in [0.15, 0.2) is 30.9 Å². The molecule has 0 saturated carbocycles. The second-order valence-corrected chi connectivity index (χ2v) is 5.48. The van der Waals surface area contributed by atoms with Gasteiger partial charge in [-0.3, -0.25) is 4.68 Å². The van der Waals surface area contributed by atoms with Crippen molar-refractivity contribution in [2.75, 3.05) is 0 Å². The van der Waals surface area contributed by atoms with Crippen molar-refractivity contribution in [3.05, 3.63) is 47.5 Å². The Balaban J connectivity index is 1.67. The van der Waals surface area contributed by atoms with E-state index < -0.39 is 0 Å².